The molecule has 112 valence electrons. The lowest BCUT2D eigenvalue weighted by Gasteiger charge is -2.52. The molecule has 0 aliphatic heterocycles. The van der Waals surface area contributed by atoms with Crippen molar-refractivity contribution >= 4 is 17.3 Å². The van der Waals surface area contributed by atoms with E-state index in [1.807, 2.05) is 6.07 Å². The van der Waals surface area contributed by atoms with E-state index >= 15 is 0 Å². The van der Waals surface area contributed by atoms with Crippen molar-refractivity contribution in [2.24, 2.45) is 11.3 Å². The summed E-state index contributed by atoms with van der Waals surface area (Å²) in [5.41, 5.74) is 2.35. The van der Waals surface area contributed by atoms with Gasteiger partial charge in [-0.25, -0.2) is 0 Å². The van der Waals surface area contributed by atoms with E-state index < -0.39 is 0 Å². The zero-order valence-electron chi connectivity index (χ0n) is 13.2. The molecule has 1 fully saturated rings. The van der Waals surface area contributed by atoms with Gasteiger partial charge in [0.25, 0.3) is 0 Å². The normalized spacial score (nSPS) is 24.6. The van der Waals surface area contributed by atoms with Crippen LogP contribution in [0.1, 0.15) is 39.7 Å². The van der Waals surface area contributed by atoms with Crippen molar-refractivity contribution in [3.05, 3.63) is 28.8 Å². The fourth-order valence-corrected chi connectivity index (χ4v) is 2.94. The fraction of sp³-hybridized carbons (Fsp3) is 0.647. The highest BCUT2D eigenvalue weighted by molar-refractivity contribution is 6.33. The second kappa shape index (κ2) is 5.95. The van der Waals surface area contributed by atoms with Gasteiger partial charge >= 0.3 is 0 Å². The molecule has 0 spiro atoms. The molecule has 1 aliphatic rings. The monoisotopic (exact) mass is 295 g/mol. The molecule has 2 unspecified atom stereocenters. The van der Waals surface area contributed by atoms with Crippen molar-refractivity contribution in [2.75, 3.05) is 11.9 Å². The minimum Gasteiger partial charge on any atom is -0.380 e. The Labute approximate surface area is 127 Å². The largest absolute Gasteiger partial charge is 0.380 e. The van der Waals surface area contributed by atoms with Crippen LogP contribution in [0, 0.1) is 18.3 Å². The third-order valence-corrected chi connectivity index (χ3v) is 4.58. The minimum atomic E-state index is 0.142. The molecule has 0 saturated heterocycles. The summed E-state index contributed by atoms with van der Waals surface area (Å²) in [7, 11) is 0. The fourth-order valence-electron chi connectivity index (χ4n) is 2.65. The van der Waals surface area contributed by atoms with Gasteiger partial charge in [-0.1, -0.05) is 45.4 Å². The van der Waals surface area contributed by atoms with Crippen molar-refractivity contribution in [3.63, 3.8) is 0 Å². The highest BCUT2D eigenvalue weighted by atomic mass is 35.5. The van der Waals surface area contributed by atoms with Crippen LogP contribution in [-0.4, -0.2) is 18.8 Å². The molecule has 0 aromatic heterocycles. The molecule has 1 N–H and O–H groups in total. The van der Waals surface area contributed by atoms with E-state index in [4.69, 9.17) is 16.3 Å². The Hall–Kier alpha value is -0.730. The molecule has 1 aromatic carbocycles. The second-order valence-corrected chi connectivity index (χ2v) is 7.36. The zero-order chi connectivity index (χ0) is 14.9. The molecule has 0 amide bonds. The number of anilines is 1. The average Bonchev–Trinajstić information content (AvgIpc) is 2.34. The number of ether oxygens (including phenoxy) is 1. The summed E-state index contributed by atoms with van der Waals surface area (Å²) in [6, 6.07) is 6.57. The predicted octanol–water partition coefficient (Wildman–Crippen LogP) is 4.90. The van der Waals surface area contributed by atoms with Crippen LogP contribution in [0.3, 0.4) is 0 Å². The van der Waals surface area contributed by atoms with Crippen molar-refractivity contribution in [1.82, 2.24) is 0 Å². The molecule has 2 nitrogen and oxygen atoms in total. The van der Waals surface area contributed by atoms with Gasteiger partial charge in [0.15, 0.2) is 0 Å². The Morgan fingerprint density at radius 1 is 1.40 bits per heavy atom. The first-order valence-electron chi connectivity index (χ1n) is 7.45. The maximum absolute atomic E-state index is 6.29. The molecule has 0 heterocycles. The molecular weight excluding hydrogens is 270 g/mol. The number of nitrogens with one attached hydrogen (secondary N) is 1. The van der Waals surface area contributed by atoms with Gasteiger partial charge in [0.1, 0.15) is 0 Å². The summed E-state index contributed by atoms with van der Waals surface area (Å²) in [6.45, 7) is 11.8. The van der Waals surface area contributed by atoms with Crippen LogP contribution in [-0.2, 0) is 4.74 Å². The Bertz CT molecular complexity index is 470. The molecular formula is C17H26ClNO. The summed E-state index contributed by atoms with van der Waals surface area (Å²) in [5.74, 6) is 0.587. The lowest BCUT2D eigenvalue weighted by atomic mass is 9.64. The van der Waals surface area contributed by atoms with Crippen molar-refractivity contribution in [2.45, 2.75) is 53.2 Å². The zero-order valence-corrected chi connectivity index (χ0v) is 13.9. The van der Waals surface area contributed by atoms with Gasteiger partial charge in [-0.3, -0.25) is 0 Å². The Kier molecular flexibility index (Phi) is 4.66. The van der Waals surface area contributed by atoms with Crippen LogP contribution < -0.4 is 5.32 Å². The van der Waals surface area contributed by atoms with E-state index in [0.717, 1.165) is 23.7 Å². The Morgan fingerprint density at radius 2 is 2.10 bits per heavy atom. The Balaban J connectivity index is 1.95. The molecule has 2 atom stereocenters. The summed E-state index contributed by atoms with van der Waals surface area (Å²) in [4.78, 5) is 0. The van der Waals surface area contributed by atoms with E-state index in [0.29, 0.717) is 18.1 Å². The highest BCUT2D eigenvalue weighted by Crippen LogP contribution is 2.45. The second-order valence-electron chi connectivity index (χ2n) is 6.95. The predicted molar refractivity (Wildman–Crippen MR) is 86.6 cm³/mol. The lowest BCUT2D eigenvalue weighted by molar-refractivity contribution is -0.108. The summed E-state index contributed by atoms with van der Waals surface area (Å²) < 4.78 is 6.00. The quantitative estimate of drug-likeness (QED) is 0.834. The van der Waals surface area contributed by atoms with Crippen molar-refractivity contribution in [3.8, 4) is 0 Å². The summed E-state index contributed by atoms with van der Waals surface area (Å²) in [5, 5.41) is 4.37. The number of hydrogen-bond donors (Lipinski definition) is 1. The molecule has 20 heavy (non-hydrogen) atoms. The highest BCUT2D eigenvalue weighted by Gasteiger charge is 2.49. The first kappa shape index (κ1) is 15.7. The number of hydrogen-bond acceptors (Lipinski definition) is 2. The van der Waals surface area contributed by atoms with E-state index in [1.165, 1.54) is 5.56 Å². The molecule has 1 aromatic rings. The van der Waals surface area contributed by atoms with Crippen LogP contribution in [0.2, 0.25) is 5.02 Å². The van der Waals surface area contributed by atoms with Gasteiger partial charge in [0.05, 0.1) is 16.8 Å². The number of rotatable bonds is 5. The molecule has 1 aliphatic carbocycles. The van der Waals surface area contributed by atoms with Gasteiger partial charge < -0.3 is 10.1 Å². The van der Waals surface area contributed by atoms with E-state index in [-0.39, 0.29) is 5.41 Å². The number of aryl methyl sites for hydroxylation is 1. The SMILES string of the molecule is Cc1ccc(NC2CC(OCC(C)C)C2(C)C)c(Cl)c1. The van der Waals surface area contributed by atoms with E-state index in [2.05, 4.69) is 52.1 Å². The van der Waals surface area contributed by atoms with Gasteiger partial charge in [0.2, 0.25) is 0 Å². The smallest absolute Gasteiger partial charge is 0.0665 e. The average molecular weight is 296 g/mol. The van der Waals surface area contributed by atoms with Crippen LogP contribution in [0.5, 0.6) is 0 Å². The van der Waals surface area contributed by atoms with Crippen molar-refractivity contribution < 1.29 is 4.74 Å². The van der Waals surface area contributed by atoms with Crippen LogP contribution in [0.15, 0.2) is 18.2 Å². The van der Waals surface area contributed by atoms with Crippen LogP contribution >= 0.6 is 11.6 Å². The summed E-state index contributed by atoms with van der Waals surface area (Å²) in [6.07, 6.45) is 1.39. The lowest BCUT2D eigenvalue weighted by Crippen LogP contribution is -2.58. The number of halogens is 1. The maximum atomic E-state index is 6.29. The van der Waals surface area contributed by atoms with Gasteiger partial charge in [-0.2, -0.15) is 0 Å². The molecule has 0 radical (unpaired) electrons. The first-order chi connectivity index (χ1) is 9.30. The van der Waals surface area contributed by atoms with Gasteiger partial charge in [-0.15, -0.1) is 0 Å². The molecule has 2 rings (SSSR count). The van der Waals surface area contributed by atoms with Gasteiger partial charge in [-0.05, 0) is 37.0 Å². The maximum Gasteiger partial charge on any atom is 0.0665 e. The first-order valence-corrected chi connectivity index (χ1v) is 7.82. The summed E-state index contributed by atoms with van der Waals surface area (Å²) >= 11 is 6.29. The minimum absolute atomic E-state index is 0.142. The Morgan fingerprint density at radius 3 is 2.65 bits per heavy atom. The standard InChI is InChI=1S/C17H26ClNO/c1-11(2)10-20-16-9-15(17(16,4)5)19-14-7-6-12(3)8-13(14)18/h6-8,11,15-16,19H,9-10H2,1-5H3. The third-order valence-electron chi connectivity index (χ3n) is 4.26. The number of benzene rings is 1. The van der Waals surface area contributed by atoms with Crippen LogP contribution in [0.4, 0.5) is 5.69 Å². The third kappa shape index (κ3) is 3.29. The van der Waals surface area contributed by atoms with E-state index in [1.54, 1.807) is 0 Å². The van der Waals surface area contributed by atoms with Crippen molar-refractivity contribution in [1.29, 1.82) is 0 Å². The van der Waals surface area contributed by atoms with Gasteiger partial charge in [0, 0.05) is 18.1 Å². The van der Waals surface area contributed by atoms with Crippen LogP contribution in [0.25, 0.3) is 0 Å². The molecule has 1 saturated carbocycles. The topological polar surface area (TPSA) is 21.3 Å². The molecule has 3 heteroatoms. The van der Waals surface area contributed by atoms with E-state index in [9.17, 15) is 0 Å². The molecule has 0 bridgehead atoms.